The van der Waals surface area contributed by atoms with Crippen LogP contribution in [0.15, 0.2) is 108 Å². The van der Waals surface area contributed by atoms with Crippen LogP contribution in [-0.4, -0.2) is 33.0 Å². The zero-order valence-corrected chi connectivity index (χ0v) is 23.0. The van der Waals surface area contributed by atoms with E-state index in [0.29, 0.717) is 11.4 Å². The van der Waals surface area contributed by atoms with Crippen LogP contribution in [0.4, 0.5) is 5.69 Å². The summed E-state index contributed by atoms with van der Waals surface area (Å²) in [4.78, 5) is 18.5. The van der Waals surface area contributed by atoms with E-state index in [0.717, 1.165) is 32.3 Å². The molecule has 10 heteroatoms. The zero-order valence-electron chi connectivity index (χ0n) is 21.4. The molecule has 0 spiro atoms. The number of carbonyl (C=O) groups is 1. The number of aromatic nitrogens is 1. The number of nitrogens with two attached hydrogens (primary N) is 1. The molecule has 0 aliphatic heterocycles. The minimum atomic E-state index is -3.79. The van der Waals surface area contributed by atoms with Gasteiger partial charge >= 0.3 is 5.97 Å². The summed E-state index contributed by atoms with van der Waals surface area (Å²) in [6.07, 6.45) is 0. The van der Waals surface area contributed by atoms with Crippen molar-refractivity contribution in [3.63, 3.8) is 0 Å². The summed E-state index contributed by atoms with van der Waals surface area (Å²) >= 11 is 1.58. The summed E-state index contributed by atoms with van der Waals surface area (Å²) in [5.74, 6) is 0.111. The number of hydrogen-bond donors (Lipinski definition) is 2. The number of nitrogens with one attached hydrogen (secondary N) is 1. The Bertz CT molecular complexity index is 1680. The molecule has 1 heterocycles. The molecule has 40 heavy (non-hydrogen) atoms. The van der Waals surface area contributed by atoms with Gasteiger partial charge in [0, 0.05) is 16.8 Å². The van der Waals surface area contributed by atoms with Crippen molar-refractivity contribution in [1.82, 2.24) is 4.98 Å². The fourth-order valence-electron chi connectivity index (χ4n) is 4.00. The summed E-state index contributed by atoms with van der Waals surface area (Å²) in [5.41, 5.74) is 4.36. The van der Waals surface area contributed by atoms with Gasteiger partial charge in [0.1, 0.15) is 11.6 Å². The van der Waals surface area contributed by atoms with Crippen LogP contribution in [0.2, 0.25) is 0 Å². The number of rotatable bonds is 9. The molecule has 0 bridgehead atoms. The van der Waals surface area contributed by atoms with Gasteiger partial charge in [-0.05, 0) is 48.0 Å². The zero-order chi connectivity index (χ0) is 28.1. The van der Waals surface area contributed by atoms with E-state index in [2.05, 4.69) is 17.4 Å². The molecule has 0 saturated carbocycles. The smallest absolute Gasteiger partial charge is 0.330 e. The lowest BCUT2D eigenvalue weighted by atomic mass is 10.1. The van der Waals surface area contributed by atoms with Crippen molar-refractivity contribution in [2.45, 2.75) is 4.90 Å². The van der Waals surface area contributed by atoms with E-state index in [1.165, 1.54) is 31.4 Å². The second-order valence-electron chi connectivity index (χ2n) is 8.69. The topological polar surface area (TPSA) is 121 Å². The van der Waals surface area contributed by atoms with Crippen LogP contribution in [0.5, 0.6) is 11.5 Å². The Labute approximate surface area is 236 Å². The molecule has 3 N–H and O–H groups in total. The second-order valence-corrected chi connectivity index (χ2v) is 11.3. The van der Waals surface area contributed by atoms with Crippen LogP contribution in [0.1, 0.15) is 0 Å². The first kappa shape index (κ1) is 27.1. The average Bonchev–Trinajstić information content (AvgIpc) is 3.43. The number of ether oxygens (including phenoxy) is 2. The third kappa shape index (κ3) is 6.20. The largest absolute Gasteiger partial charge is 0.493 e. The lowest BCUT2D eigenvalue weighted by Crippen LogP contribution is -2.20. The molecule has 0 amide bonds. The number of sulfonamides is 1. The molecule has 5 rings (SSSR count). The number of benzene rings is 4. The highest BCUT2D eigenvalue weighted by Gasteiger charge is 2.18. The number of anilines is 1. The molecule has 4 aromatic carbocycles. The molecule has 0 fully saturated rings. The maximum absolute atomic E-state index is 12.5. The molecule has 0 atom stereocenters. The number of hydrogen-bond acceptors (Lipinski definition) is 8. The van der Waals surface area contributed by atoms with Gasteiger partial charge in [0.25, 0.3) is 0 Å². The highest BCUT2D eigenvalue weighted by molar-refractivity contribution is 7.89. The number of carbonyl (C=O) groups excluding carboxylic acids is 1. The lowest BCUT2D eigenvalue weighted by Gasteiger charge is -2.11. The molecular formula is C30H25N3O5S2. The molecule has 202 valence electrons. The first-order valence-corrected chi connectivity index (χ1v) is 14.6. The van der Waals surface area contributed by atoms with Crippen molar-refractivity contribution in [3.05, 3.63) is 103 Å². The standard InChI is InChI=1S/C30H25N3O5S2/c1-37-26-18-22(12-17-25(26)38-27(34)19-32-23-13-15-24(16-14-23)40(31,35)36)30-33-28(20-8-4-2-5-9-20)29(39-30)21-10-6-3-7-11-21/h2-18,32H,19H2,1H3,(H2,31,35,36). The van der Waals surface area contributed by atoms with Crippen LogP contribution >= 0.6 is 11.3 Å². The third-order valence-corrected chi connectivity index (χ3v) is 8.05. The number of methoxy groups -OCH3 is 1. The van der Waals surface area contributed by atoms with Crippen molar-refractivity contribution in [2.75, 3.05) is 19.0 Å². The molecule has 5 aromatic rings. The van der Waals surface area contributed by atoms with Gasteiger partial charge in [0.05, 0.1) is 22.6 Å². The predicted octanol–water partition coefficient (Wildman–Crippen LogP) is 5.82. The number of primary sulfonamides is 1. The second kappa shape index (κ2) is 11.7. The molecule has 0 radical (unpaired) electrons. The first-order chi connectivity index (χ1) is 19.3. The highest BCUT2D eigenvalue weighted by atomic mass is 32.2. The Morgan fingerprint density at radius 1 is 0.850 bits per heavy atom. The van der Waals surface area contributed by atoms with E-state index in [1.54, 1.807) is 23.5 Å². The molecule has 0 aliphatic carbocycles. The first-order valence-electron chi connectivity index (χ1n) is 12.2. The number of thiazole rings is 1. The highest BCUT2D eigenvalue weighted by Crippen LogP contribution is 2.42. The summed E-state index contributed by atoms with van der Waals surface area (Å²) in [7, 11) is -2.28. The Morgan fingerprint density at radius 3 is 2.12 bits per heavy atom. The van der Waals surface area contributed by atoms with Gasteiger partial charge in [0.15, 0.2) is 11.5 Å². The van der Waals surface area contributed by atoms with Crippen LogP contribution in [-0.2, 0) is 14.8 Å². The molecule has 0 aliphatic rings. The van der Waals surface area contributed by atoms with E-state index in [-0.39, 0.29) is 17.2 Å². The van der Waals surface area contributed by atoms with Crippen LogP contribution < -0.4 is 19.9 Å². The summed E-state index contributed by atoms with van der Waals surface area (Å²) < 4.78 is 33.9. The van der Waals surface area contributed by atoms with Gasteiger partial charge in [-0.2, -0.15) is 0 Å². The normalized spacial score (nSPS) is 11.2. The van der Waals surface area contributed by atoms with Gasteiger partial charge in [-0.25, -0.2) is 23.3 Å². The summed E-state index contributed by atoms with van der Waals surface area (Å²) in [5, 5.41) is 8.82. The van der Waals surface area contributed by atoms with E-state index in [4.69, 9.17) is 19.6 Å². The van der Waals surface area contributed by atoms with Gasteiger partial charge in [-0.1, -0.05) is 60.7 Å². The summed E-state index contributed by atoms with van der Waals surface area (Å²) in [6, 6.07) is 31.2. The van der Waals surface area contributed by atoms with Crippen LogP contribution in [0, 0.1) is 0 Å². The van der Waals surface area contributed by atoms with Crippen molar-refractivity contribution in [3.8, 4) is 43.8 Å². The van der Waals surface area contributed by atoms with E-state index in [9.17, 15) is 13.2 Å². The van der Waals surface area contributed by atoms with Crippen LogP contribution in [0.25, 0.3) is 32.3 Å². The van der Waals surface area contributed by atoms with Crippen molar-refractivity contribution in [1.29, 1.82) is 0 Å². The van der Waals surface area contributed by atoms with E-state index < -0.39 is 16.0 Å². The van der Waals surface area contributed by atoms with Gasteiger partial charge < -0.3 is 14.8 Å². The van der Waals surface area contributed by atoms with Gasteiger partial charge in [-0.3, -0.25) is 0 Å². The maximum atomic E-state index is 12.5. The van der Waals surface area contributed by atoms with Crippen molar-refractivity contribution in [2.24, 2.45) is 5.14 Å². The van der Waals surface area contributed by atoms with Gasteiger partial charge in [0.2, 0.25) is 10.0 Å². The Morgan fingerprint density at radius 2 is 1.50 bits per heavy atom. The molecule has 0 saturated heterocycles. The number of nitrogens with zero attached hydrogens (tertiary/aromatic N) is 1. The van der Waals surface area contributed by atoms with Crippen LogP contribution in [0.3, 0.4) is 0 Å². The average molecular weight is 572 g/mol. The predicted molar refractivity (Wildman–Crippen MR) is 157 cm³/mol. The Hall–Kier alpha value is -4.51. The van der Waals surface area contributed by atoms with Gasteiger partial charge in [-0.15, -0.1) is 11.3 Å². The fraction of sp³-hybridized carbons (Fsp3) is 0.0667. The van der Waals surface area contributed by atoms with Crippen molar-refractivity contribution < 1.29 is 22.7 Å². The quantitative estimate of drug-likeness (QED) is 0.169. The minimum Gasteiger partial charge on any atom is -0.493 e. The molecule has 8 nitrogen and oxygen atoms in total. The molecule has 1 aromatic heterocycles. The lowest BCUT2D eigenvalue weighted by molar-refractivity contribution is -0.132. The number of esters is 1. The van der Waals surface area contributed by atoms with E-state index in [1.807, 2.05) is 54.6 Å². The van der Waals surface area contributed by atoms with E-state index >= 15 is 0 Å². The third-order valence-electron chi connectivity index (χ3n) is 5.96. The summed E-state index contributed by atoms with van der Waals surface area (Å²) in [6.45, 7) is -0.146. The SMILES string of the molecule is COc1cc(-c2nc(-c3ccccc3)c(-c3ccccc3)s2)ccc1OC(=O)CNc1ccc(S(N)(=O)=O)cc1. The monoisotopic (exact) mass is 571 g/mol. The molecule has 0 unspecified atom stereocenters. The Balaban J connectivity index is 1.35. The van der Waals surface area contributed by atoms with Crippen molar-refractivity contribution >= 4 is 33.0 Å². The molecular weight excluding hydrogens is 546 g/mol. The maximum Gasteiger partial charge on any atom is 0.330 e. The fourth-order valence-corrected chi connectivity index (χ4v) is 5.61. The Kier molecular flexibility index (Phi) is 7.92. The minimum absolute atomic E-state index is 0.0162.